The molecule has 0 bridgehead atoms. The van der Waals surface area contributed by atoms with Crippen molar-refractivity contribution >= 4 is 5.82 Å². The van der Waals surface area contributed by atoms with E-state index in [1.165, 1.54) is 0 Å². The van der Waals surface area contributed by atoms with E-state index in [1.54, 1.807) is 6.20 Å². The van der Waals surface area contributed by atoms with Gasteiger partial charge in [-0.3, -0.25) is 0 Å². The van der Waals surface area contributed by atoms with Gasteiger partial charge >= 0.3 is 0 Å². The highest BCUT2D eigenvalue weighted by molar-refractivity contribution is 5.46. The average Bonchev–Trinajstić information content (AvgIpc) is 2.32. The quantitative estimate of drug-likeness (QED) is 0.744. The number of nitrogens with two attached hydrogens (primary N) is 1. The topological polar surface area (TPSA) is 75.3 Å². The molecule has 1 fully saturated rings. The van der Waals surface area contributed by atoms with Gasteiger partial charge in [-0.05, 0) is 18.4 Å². The van der Waals surface area contributed by atoms with Crippen LogP contribution < -0.4 is 10.6 Å². The first-order chi connectivity index (χ1) is 7.72. The summed E-state index contributed by atoms with van der Waals surface area (Å²) in [4.78, 5) is 2.16. The molecule has 0 spiro atoms. The lowest BCUT2D eigenvalue weighted by Crippen LogP contribution is -2.42. The summed E-state index contributed by atoms with van der Waals surface area (Å²) in [7, 11) is 0. The second kappa shape index (κ2) is 4.76. The molecule has 88 valence electrons. The molecule has 0 aromatic carbocycles. The molecule has 0 saturated carbocycles. The maximum absolute atomic E-state index is 9.68. The summed E-state index contributed by atoms with van der Waals surface area (Å²) in [5.74, 6) is 1.13. The third-order valence-electron chi connectivity index (χ3n) is 3.16. The molecule has 5 nitrogen and oxygen atoms in total. The van der Waals surface area contributed by atoms with Crippen LogP contribution in [0.4, 0.5) is 5.82 Å². The van der Waals surface area contributed by atoms with Crippen molar-refractivity contribution in [2.75, 3.05) is 18.0 Å². The molecule has 1 aliphatic rings. The third kappa shape index (κ3) is 2.15. The number of hydrogen-bond acceptors (Lipinski definition) is 5. The Labute approximate surface area is 95.3 Å². The summed E-state index contributed by atoms with van der Waals surface area (Å²) in [5.41, 5.74) is 6.69. The number of nitrogens with zero attached hydrogens (tertiary/aromatic N) is 3. The molecule has 1 aromatic heterocycles. The maximum atomic E-state index is 9.68. The fraction of sp³-hybridized carbons (Fsp3) is 0.636. The monoisotopic (exact) mass is 222 g/mol. The Kier molecular flexibility index (Phi) is 3.36. The van der Waals surface area contributed by atoms with E-state index in [1.807, 2.05) is 6.07 Å². The van der Waals surface area contributed by atoms with Crippen molar-refractivity contribution in [1.29, 1.82) is 0 Å². The Morgan fingerprint density at radius 2 is 2.44 bits per heavy atom. The van der Waals surface area contributed by atoms with Crippen molar-refractivity contribution in [3.63, 3.8) is 0 Å². The minimum absolute atomic E-state index is 0.200. The van der Waals surface area contributed by atoms with Crippen molar-refractivity contribution in [3.8, 4) is 0 Å². The molecule has 16 heavy (non-hydrogen) atoms. The van der Waals surface area contributed by atoms with E-state index >= 15 is 0 Å². The summed E-state index contributed by atoms with van der Waals surface area (Å²) in [6.45, 7) is 4.15. The van der Waals surface area contributed by atoms with Crippen LogP contribution in [0.5, 0.6) is 0 Å². The van der Waals surface area contributed by atoms with Gasteiger partial charge < -0.3 is 15.7 Å². The number of anilines is 1. The van der Waals surface area contributed by atoms with Crippen molar-refractivity contribution in [2.45, 2.75) is 26.0 Å². The van der Waals surface area contributed by atoms with Gasteiger partial charge in [0, 0.05) is 25.2 Å². The summed E-state index contributed by atoms with van der Waals surface area (Å²) in [6.07, 6.45) is 2.24. The third-order valence-corrected chi connectivity index (χ3v) is 3.16. The SMILES string of the molecule is CC1CN(c2nnccc2CN)CCC1O. The molecular formula is C11H18N4O. The van der Waals surface area contributed by atoms with E-state index in [-0.39, 0.29) is 12.0 Å². The molecule has 2 atom stereocenters. The van der Waals surface area contributed by atoms with Crippen LogP contribution in [0.15, 0.2) is 12.3 Å². The van der Waals surface area contributed by atoms with Crippen LogP contribution in [-0.4, -0.2) is 34.5 Å². The minimum atomic E-state index is -0.200. The van der Waals surface area contributed by atoms with E-state index in [0.717, 1.165) is 30.9 Å². The molecule has 5 heteroatoms. The van der Waals surface area contributed by atoms with Gasteiger partial charge in [-0.15, -0.1) is 5.10 Å². The minimum Gasteiger partial charge on any atom is -0.393 e. The zero-order valence-corrected chi connectivity index (χ0v) is 9.50. The average molecular weight is 222 g/mol. The van der Waals surface area contributed by atoms with Gasteiger partial charge in [0.15, 0.2) is 5.82 Å². The van der Waals surface area contributed by atoms with Gasteiger partial charge in [0.25, 0.3) is 0 Å². The molecule has 0 aliphatic carbocycles. The van der Waals surface area contributed by atoms with Crippen molar-refractivity contribution in [2.24, 2.45) is 11.7 Å². The second-order valence-corrected chi connectivity index (χ2v) is 4.36. The molecule has 0 amide bonds. The first kappa shape index (κ1) is 11.3. The van der Waals surface area contributed by atoms with E-state index < -0.39 is 0 Å². The zero-order valence-electron chi connectivity index (χ0n) is 9.50. The molecular weight excluding hydrogens is 204 g/mol. The summed E-state index contributed by atoms with van der Waals surface area (Å²) in [6, 6.07) is 1.90. The molecule has 2 unspecified atom stereocenters. The number of hydrogen-bond donors (Lipinski definition) is 2. The van der Waals surface area contributed by atoms with Crippen LogP contribution in [0.3, 0.4) is 0 Å². The Bertz CT molecular complexity index is 358. The highest BCUT2D eigenvalue weighted by Gasteiger charge is 2.26. The predicted octanol–water partition coefficient (Wildman–Crippen LogP) is 0.142. The van der Waals surface area contributed by atoms with Gasteiger partial charge in [0.2, 0.25) is 0 Å². The fourth-order valence-corrected chi connectivity index (χ4v) is 2.10. The largest absolute Gasteiger partial charge is 0.393 e. The summed E-state index contributed by atoms with van der Waals surface area (Å²) >= 11 is 0. The van der Waals surface area contributed by atoms with E-state index in [9.17, 15) is 5.11 Å². The number of aliphatic hydroxyl groups is 1. The zero-order chi connectivity index (χ0) is 11.5. The Hall–Kier alpha value is -1.20. The van der Waals surface area contributed by atoms with Crippen molar-refractivity contribution in [3.05, 3.63) is 17.8 Å². The van der Waals surface area contributed by atoms with Gasteiger partial charge in [0.05, 0.1) is 12.3 Å². The van der Waals surface area contributed by atoms with E-state index in [2.05, 4.69) is 22.0 Å². The van der Waals surface area contributed by atoms with E-state index in [0.29, 0.717) is 6.54 Å². The van der Waals surface area contributed by atoms with Crippen LogP contribution >= 0.6 is 0 Å². The highest BCUT2D eigenvalue weighted by atomic mass is 16.3. The Morgan fingerprint density at radius 3 is 3.12 bits per heavy atom. The molecule has 1 saturated heterocycles. The van der Waals surface area contributed by atoms with Crippen molar-refractivity contribution in [1.82, 2.24) is 10.2 Å². The molecule has 1 aromatic rings. The lowest BCUT2D eigenvalue weighted by Gasteiger charge is -2.35. The molecule has 3 N–H and O–H groups in total. The molecule has 0 radical (unpaired) electrons. The predicted molar refractivity (Wildman–Crippen MR) is 61.9 cm³/mol. The summed E-state index contributed by atoms with van der Waals surface area (Å²) in [5, 5.41) is 17.7. The lowest BCUT2D eigenvalue weighted by molar-refractivity contribution is 0.0968. The Balaban J connectivity index is 2.18. The highest BCUT2D eigenvalue weighted by Crippen LogP contribution is 2.23. The van der Waals surface area contributed by atoms with Crippen LogP contribution in [0.2, 0.25) is 0 Å². The second-order valence-electron chi connectivity index (χ2n) is 4.36. The molecule has 2 heterocycles. The molecule has 1 aliphatic heterocycles. The lowest BCUT2D eigenvalue weighted by atomic mass is 9.96. The standard InChI is InChI=1S/C11H18N4O/c1-8-7-15(5-3-10(8)16)11-9(6-12)2-4-13-14-11/h2,4,8,10,16H,3,5-7,12H2,1H3. The number of aliphatic hydroxyl groups excluding tert-OH is 1. The first-order valence-electron chi connectivity index (χ1n) is 5.66. The van der Waals surface area contributed by atoms with Gasteiger partial charge in [-0.2, -0.15) is 5.10 Å². The summed E-state index contributed by atoms with van der Waals surface area (Å²) < 4.78 is 0. The first-order valence-corrected chi connectivity index (χ1v) is 5.66. The number of aromatic nitrogens is 2. The number of piperidine rings is 1. The fourth-order valence-electron chi connectivity index (χ4n) is 2.10. The number of rotatable bonds is 2. The normalized spacial score (nSPS) is 25.8. The van der Waals surface area contributed by atoms with Gasteiger partial charge in [0.1, 0.15) is 0 Å². The van der Waals surface area contributed by atoms with Crippen LogP contribution in [0.1, 0.15) is 18.9 Å². The maximum Gasteiger partial charge on any atom is 0.155 e. The Morgan fingerprint density at radius 1 is 1.62 bits per heavy atom. The van der Waals surface area contributed by atoms with Crippen LogP contribution in [0.25, 0.3) is 0 Å². The van der Waals surface area contributed by atoms with Crippen molar-refractivity contribution < 1.29 is 5.11 Å². The van der Waals surface area contributed by atoms with E-state index in [4.69, 9.17) is 5.73 Å². The molecule has 2 rings (SSSR count). The smallest absolute Gasteiger partial charge is 0.155 e. The van der Waals surface area contributed by atoms with Crippen LogP contribution in [-0.2, 0) is 6.54 Å². The van der Waals surface area contributed by atoms with Gasteiger partial charge in [-0.25, -0.2) is 0 Å². The van der Waals surface area contributed by atoms with Gasteiger partial charge in [-0.1, -0.05) is 6.92 Å². The van der Waals surface area contributed by atoms with Crippen LogP contribution in [0, 0.1) is 5.92 Å².